The number of pyridine rings is 1. The van der Waals surface area contributed by atoms with Crippen molar-refractivity contribution in [2.45, 2.75) is 153 Å². The van der Waals surface area contributed by atoms with Crippen LogP contribution in [0.25, 0.3) is 32.9 Å². The predicted molar refractivity (Wildman–Crippen MR) is 235 cm³/mol. The number of fused-ring (bicyclic) bond motifs is 5. The Bertz CT molecular complexity index is 2220. The Labute approximate surface area is 358 Å². The average Bonchev–Trinajstić information content (AvgIpc) is 3.91. The summed E-state index contributed by atoms with van der Waals surface area (Å²) in [6.07, 6.45) is 26.6. The normalized spacial score (nSPS) is 22.3. The summed E-state index contributed by atoms with van der Waals surface area (Å²) >= 11 is 0. The number of nitrogens with one attached hydrogen (secondary N) is 1. The number of benzene rings is 2. The first-order valence-electron chi connectivity index (χ1n) is 23.1. The number of terminal acetylenes is 1. The second kappa shape index (κ2) is 19.7. The topological polar surface area (TPSA) is 92.7 Å². The van der Waals surface area contributed by atoms with E-state index in [1.807, 2.05) is 0 Å². The predicted octanol–water partition coefficient (Wildman–Crippen LogP) is 10.4. The van der Waals surface area contributed by atoms with E-state index in [1.165, 1.54) is 69.9 Å². The quantitative estimate of drug-likeness (QED) is 0.0404. The van der Waals surface area contributed by atoms with Crippen molar-refractivity contribution in [3.8, 4) is 35.4 Å². The molecule has 8 rings (SSSR count). The molecule has 0 aliphatic carbocycles. The van der Waals surface area contributed by atoms with Crippen LogP contribution in [-0.2, 0) is 4.79 Å². The Morgan fingerprint density at radius 1 is 0.951 bits per heavy atom. The van der Waals surface area contributed by atoms with Crippen LogP contribution < -0.4 is 19.7 Å². The third-order valence-corrected chi connectivity index (χ3v) is 13.5. The fourth-order valence-corrected chi connectivity index (χ4v) is 10.4. The van der Waals surface area contributed by atoms with Crippen molar-refractivity contribution in [1.82, 2.24) is 25.2 Å². The van der Waals surface area contributed by atoms with E-state index in [1.54, 1.807) is 18.3 Å². The molecule has 61 heavy (non-hydrogen) atoms. The Kier molecular flexibility index (Phi) is 14.0. The number of hydrogen-bond donors (Lipinski definition) is 1. The first-order valence-corrected chi connectivity index (χ1v) is 23.1. The van der Waals surface area contributed by atoms with Gasteiger partial charge in [0.25, 0.3) is 0 Å². The first kappa shape index (κ1) is 43.2. The van der Waals surface area contributed by atoms with E-state index in [-0.39, 0.29) is 64.6 Å². The molecule has 4 saturated heterocycles. The van der Waals surface area contributed by atoms with Crippen LogP contribution in [0.1, 0.15) is 134 Å². The molecule has 0 spiro atoms. The maximum atomic E-state index is 17.4. The Balaban J connectivity index is 1.03. The molecule has 4 atom stereocenters. The van der Waals surface area contributed by atoms with Gasteiger partial charge in [-0.3, -0.25) is 14.7 Å². The third-order valence-electron chi connectivity index (χ3n) is 13.5. The highest BCUT2D eigenvalue weighted by Gasteiger charge is 2.49. The lowest BCUT2D eigenvalue weighted by atomic mass is 9.95. The fourth-order valence-electron chi connectivity index (χ4n) is 10.4. The van der Waals surface area contributed by atoms with E-state index in [9.17, 15) is 9.18 Å². The summed E-state index contributed by atoms with van der Waals surface area (Å²) < 4.78 is 59.6. The summed E-state index contributed by atoms with van der Waals surface area (Å²) in [6, 6.07) is 6.49. The number of carbonyl (C=O) groups excluding carboxylic acids is 1. The number of nitrogens with zero attached hydrogens (tertiary/aromatic N) is 5. The van der Waals surface area contributed by atoms with Crippen molar-refractivity contribution in [3.05, 3.63) is 47.7 Å². The van der Waals surface area contributed by atoms with Gasteiger partial charge in [-0.05, 0) is 62.2 Å². The molecular formula is C49H61F3N6O3. The number of aromatic nitrogens is 3. The Hall–Kier alpha value is -4.47. The van der Waals surface area contributed by atoms with Crippen LogP contribution in [0.5, 0.6) is 11.8 Å². The summed E-state index contributed by atoms with van der Waals surface area (Å²) in [4.78, 5) is 31.6. The minimum atomic E-state index is -0.929. The number of halogens is 3. The van der Waals surface area contributed by atoms with Crippen LogP contribution in [0.15, 0.2) is 30.5 Å². The van der Waals surface area contributed by atoms with Crippen LogP contribution in [0.4, 0.5) is 19.0 Å². The molecule has 2 aromatic heterocycles. The number of piperazine rings is 1. The molecule has 326 valence electrons. The molecule has 4 aromatic rings. The van der Waals surface area contributed by atoms with Crippen LogP contribution in [-0.4, -0.2) is 82.4 Å². The summed E-state index contributed by atoms with van der Waals surface area (Å²) in [7, 11) is 0. The summed E-state index contributed by atoms with van der Waals surface area (Å²) in [5.74, 6) is 1.35. The van der Waals surface area contributed by atoms with Gasteiger partial charge >= 0.3 is 12.0 Å². The zero-order chi connectivity index (χ0) is 42.3. The number of esters is 1. The van der Waals surface area contributed by atoms with Gasteiger partial charge in [0.15, 0.2) is 5.82 Å². The fraction of sp³-hybridized carbons (Fsp3) is 0.592. The number of rotatable bonds is 20. The van der Waals surface area contributed by atoms with Crippen LogP contribution in [0, 0.1) is 24.0 Å². The summed E-state index contributed by atoms with van der Waals surface area (Å²) in [6.45, 7) is 4.97. The largest absolute Gasteiger partial charge is 0.461 e. The van der Waals surface area contributed by atoms with Gasteiger partial charge in [0.2, 0.25) is 0 Å². The van der Waals surface area contributed by atoms with E-state index in [0.29, 0.717) is 49.1 Å². The van der Waals surface area contributed by atoms with Gasteiger partial charge in [-0.1, -0.05) is 96.0 Å². The zero-order valence-corrected chi connectivity index (χ0v) is 35.8. The Morgan fingerprint density at radius 2 is 1.66 bits per heavy atom. The number of unbranched alkanes of at least 4 members (excludes halogenated alkanes) is 12. The smallest absolute Gasteiger partial charge is 0.319 e. The van der Waals surface area contributed by atoms with Crippen molar-refractivity contribution in [1.29, 1.82) is 0 Å². The van der Waals surface area contributed by atoms with Gasteiger partial charge in [0, 0.05) is 61.7 Å². The molecule has 4 aliphatic rings. The number of alkyl halides is 1. The SMILES string of the molecule is C#Cc1c(F)ccc2cc(OC(=O)CCCCCCCCCCCCCCC)cc(-c3ncc4c(N5CC6CCC(C5)N6)nc(OC[C@@]56CCCN5C[C@H](F)C6)nc4c3F)c12. The van der Waals surface area contributed by atoms with Crippen molar-refractivity contribution < 1.29 is 27.4 Å². The van der Waals surface area contributed by atoms with Gasteiger partial charge in [0.1, 0.15) is 41.4 Å². The van der Waals surface area contributed by atoms with Crippen molar-refractivity contribution in [2.75, 3.05) is 37.7 Å². The van der Waals surface area contributed by atoms with E-state index >= 15 is 8.78 Å². The molecule has 4 fully saturated rings. The molecule has 0 radical (unpaired) electrons. The zero-order valence-electron chi connectivity index (χ0n) is 35.8. The maximum Gasteiger partial charge on any atom is 0.319 e. The molecule has 9 nitrogen and oxygen atoms in total. The molecule has 0 amide bonds. The highest BCUT2D eigenvalue weighted by atomic mass is 19.1. The van der Waals surface area contributed by atoms with E-state index in [4.69, 9.17) is 20.9 Å². The number of carbonyl (C=O) groups is 1. The van der Waals surface area contributed by atoms with Crippen molar-refractivity contribution >= 4 is 33.5 Å². The minimum Gasteiger partial charge on any atom is -0.461 e. The lowest BCUT2D eigenvalue weighted by Crippen LogP contribution is -2.51. The molecule has 2 bridgehead atoms. The van der Waals surface area contributed by atoms with Crippen LogP contribution in [0.2, 0.25) is 0 Å². The molecule has 12 heteroatoms. The molecule has 1 N–H and O–H groups in total. The molecule has 2 unspecified atom stereocenters. The summed E-state index contributed by atoms with van der Waals surface area (Å²) in [5, 5.41) is 4.80. The monoisotopic (exact) mass is 838 g/mol. The first-order chi connectivity index (χ1) is 29.7. The lowest BCUT2D eigenvalue weighted by Gasteiger charge is -2.34. The standard InChI is InChI=1S/C49H61F3N6O3/c1-3-5-6-7-8-9-10-11-12-13-14-15-16-18-42(59)61-37-25-33-19-22-41(51)38(4-2)43(33)39(26-37)45-44(52)46-40(28-53-45)47(57-30-35-20-21-36(31-57)54-35)56-48(55-46)60-32-49-23-17-24-58(49)29-34(50)27-49/h2,19,22,25-26,28,34-36,54H,3,5-18,20-21,23-24,27,29-32H2,1H3/t34-,35?,36?,49+/m1/s1. The van der Waals surface area contributed by atoms with Gasteiger partial charge in [0.05, 0.1) is 16.5 Å². The molecule has 4 aliphatic heterocycles. The Morgan fingerprint density at radius 3 is 2.36 bits per heavy atom. The number of ether oxygens (including phenoxy) is 2. The number of anilines is 1. The molecule has 6 heterocycles. The van der Waals surface area contributed by atoms with Gasteiger partial charge in [-0.2, -0.15) is 9.97 Å². The van der Waals surface area contributed by atoms with Crippen LogP contribution in [0.3, 0.4) is 0 Å². The average molecular weight is 839 g/mol. The van der Waals surface area contributed by atoms with Crippen LogP contribution >= 0.6 is 0 Å². The molecular weight excluding hydrogens is 778 g/mol. The second-order valence-corrected chi connectivity index (χ2v) is 18.0. The molecule has 2 aromatic carbocycles. The van der Waals surface area contributed by atoms with E-state index < -0.39 is 29.3 Å². The third kappa shape index (κ3) is 9.78. The molecule has 0 saturated carbocycles. The maximum absolute atomic E-state index is 17.4. The number of hydrogen-bond acceptors (Lipinski definition) is 9. The van der Waals surface area contributed by atoms with Gasteiger partial charge < -0.3 is 19.7 Å². The summed E-state index contributed by atoms with van der Waals surface area (Å²) in [5.41, 5.74) is -0.459. The van der Waals surface area contributed by atoms with Gasteiger partial charge in [-0.25, -0.2) is 13.2 Å². The van der Waals surface area contributed by atoms with Crippen molar-refractivity contribution in [2.24, 2.45) is 0 Å². The highest BCUT2D eigenvalue weighted by Crippen LogP contribution is 2.42. The van der Waals surface area contributed by atoms with Gasteiger partial charge in [-0.15, -0.1) is 6.42 Å². The van der Waals surface area contributed by atoms with E-state index in [2.05, 4.69) is 37.9 Å². The highest BCUT2D eigenvalue weighted by molar-refractivity contribution is 6.03. The second-order valence-electron chi connectivity index (χ2n) is 18.0. The minimum absolute atomic E-state index is 0.00373. The lowest BCUT2D eigenvalue weighted by molar-refractivity contribution is -0.134. The van der Waals surface area contributed by atoms with Crippen molar-refractivity contribution in [3.63, 3.8) is 0 Å². The van der Waals surface area contributed by atoms with E-state index in [0.717, 1.165) is 51.5 Å².